The number of thiophene rings is 1. The van der Waals surface area contributed by atoms with Crippen LogP contribution in [-0.2, 0) is 12.8 Å². The third-order valence-corrected chi connectivity index (χ3v) is 5.35. The first-order valence-electron chi connectivity index (χ1n) is 8.43. The molecule has 25 heavy (non-hydrogen) atoms. The second kappa shape index (κ2) is 6.72. The molecular weight excluding hydrogens is 334 g/mol. The number of carboxylic acids is 1. The highest BCUT2D eigenvalue weighted by atomic mass is 32.1. The largest absolute Gasteiger partial charge is 0.478 e. The molecule has 0 atom stereocenters. The number of carbonyl (C=O) groups is 1. The molecule has 2 aromatic heterocycles. The molecule has 4 rings (SSSR count). The number of fused-ring (bicyclic) bond motifs is 1. The molecule has 0 fully saturated rings. The van der Waals surface area contributed by atoms with Crippen molar-refractivity contribution >= 4 is 23.1 Å². The molecule has 0 saturated carbocycles. The van der Waals surface area contributed by atoms with Crippen molar-refractivity contribution in [3.05, 3.63) is 63.5 Å². The molecule has 0 unspecified atom stereocenters. The number of hydrogen-bond donors (Lipinski definition) is 2. The molecule has 0 radical (unpaired) electrons. The summed E-state index contributed by atoms with van der Waals surface area (Å²) in [6.07, 6.45) is 4.08. The molecule has 0 saturated heterocycles. The fourth-order valence-corrected chi connectivity index (χ4v) is 3.96. The number of nitrogens with one attached hydrogen (secondary N) is 1. The Bertz CT molecular complexity index is 900. The molecule has 3 heterocycles. The van der Waals surface area contributed by atoms with Crippen LogP contribution >= 0.6 is 11.3 Å². The van der Waals surface area contributed by atoms with Gasteiger partial charge in [0.15, 0.2) is 0 Å². The summed E-state index contributed by atoms with van der Waals surface area (Å²) in [4.78, 5) is 12.6. The summed E-state index contributed by atoms with van der Waals surface area (Å²) in [5.74, 6) is 0.0819. The van der Waals surface area contributed by atoms with Crippen molar-refractivity contribution in [2.45, 2.75) is 25.7 Å². The smallest absolute Gasteiger partial charge is 0.335 e. The summed E-state index contributed by atoms with van der Waals surface area (Å²) in [6.45, 7) is 0.912. The van der Waals surface area contributed by atoms with Gasteiger partial charge in [-0.15, -0.1) is 11.3 Å². The quantitative estimate of drug-likeness (QED) is 0.745. The second-order valence-corrected chi connectivity index (χ2v) is 7.21. The van der Waals surface area contributed by atoms with Gasteiger partial charge >= 0.3 is 5.97 Å². The average Bonchev–Trinajstić information content (AvgIpc) is 3.17. The number of rotatable bonds is 4. The van der Waals surface area contributed by atoms with Crippen molar-refractivity contribution in [1.82, 2.24) is 9.78 Å². The van der Waals surface area contributed by atoms with Gasteiger partial charge in [0.05, 0.1) is 16.9 Å². The molecule has 1 aliphatic rings. The third kappa shape index (κ3) is 3.17. The van der Waals surface area contributed by atoms with Crippen LogP contribution < -0.4 is 5.32 Å². The first-order chi connectivity index (χ1) is 12.2. The van der Waals surface area contributed by atoms with E-state index in [0.29, 0.717) is 0 Å². The summed E-state index contributed by atoms with van der Waals surface area (Å²) < 4.78 is 1.87. The van der Waals surface area contributed by atoms with Crippen LogP contribution in [0.5, 0.6) is 0 Å². The predicted octanol–water partition coefficient (Wildman–Crippen LogP) is 3.97. The molecule has 6 heteroatoms. The first kappa shape index (κ1) is 15.9. The van der Waals surface area contributed by atoms with E-state index in [9.17, 15) is 9.90 Å². The van der Waals surface area contributed by atoms with E-state index >= 15 is 0 Å². The highest BCUT2D eigenvalue weighted by Gasteiger charge is 2.21. The first-order valence-corrected chi connectivity index (χ1v) is 9.31. The Morgan fingerprint density at radius 1 is 1.28 bits per heavy atom. The van der Waals surface area contributed by atoms with Crippen molar-refractivity contribution in [3.63, 3.8) is 0 Å². The van der Waals surface area contributed by atoms with Crippen LogP contribution in [0.2, 0.25) is 0 Å². The predicted molar refractivity (Wildman–Crippen MR) is 99.1 cm³/mol. The maximum absolute atomic E-state index is 11.3. The minimum absolute atomic E-state index is 0.273. The van der Waals surface area contributed by atoms with Crippen molar-refractivity contribution in [1.29, 1.82) is 0 Å². The summed E-state index contributed by atoms with van der Waals surface area (Å²) in [6, 6.07) is 11.1. The second-order valence-electron chi connectivity index (χ2n) is 6.18. The molecule has 5 nitrogen and oxygen atoms in total. The van der Waals surface area contributed by atoms with Gasteiger partial charge in [-0.1, -0.05) is 12.1 Å². The standard InChI is InChI=1S/C19H19N3O2S/c23-19(24)13-5-3-6-14(11-13)22-18-16(8-1-2-9-20-18)17(21-22)12-15-7-4-10-25-15/h3-7,10-11,20H,1-2,8-9,12H2,(H,23,24). The van der Waals surface area contributed by atoms with E-state index in [0.717, 1.165) is 49.4 Å². The molecule has 0 amide bonds. The zero-order chi connectivity index (χ0) is 17.2. The van der Waals surface area contributed by atoms with E-state index in [-0.39, 0.29) is 5.56 Å². The topological polar surface area (TPSA) is 67.1 Å². The zero-order valence-corrected chi connectivity index (χ0v) is 14.6. The van der Waals surface area contributed by atoms with Gasteiger partial charge in [0, 0.05) is 23.4 Å². The maximum Gasteiger partial charge on any atom is 0.335 e. The highest BCUT2D eigenvalue weighted by Crippen LogP contribution is 2.30. The van der Waals surface area contributed by atoms with Crippen LogP contribution in [0.3, 0.4) is 0 Å². The fraction of sp³-hybridized carbons (Fsp3) is 0.263. The molecule has 2 N–H and O–H groups in total. The van der Waals surface area contributed by atoms with E-state index in [1.165, 1.54) is 10.4 Å². The molecule has 0 spiro atoms. The van der Waals surface area contributed by atoms with E-state index in [1.807, 2.05) is 10.7 Å². The van der Waals surface area contributed by atoms with Crippen LogP contribution in [0.25, 0.3) is 5.69 Å². The van der Waals surface area contributed by atoms with Gasteiger partial charge in [-0.2, -0.15) is 5.10 Å². The normalized spacial score (nSPS) is 13.8. The number of aromatic carboxylic acids is 1. The molecule has 1 aromatic carbocycles. The molecule has 128 valence electrons. The Labute approximate surface area is 149 Å². The molecule has 1 aliphatic heterocycles. The Kier molecular flexibility index (Phi) is 4.28. The minimum Gasteiger partial charge on any atom is -0.478 e. The molecule has 0 aliphatic carbocycles. The van der Waals surface area contributed by atoms with Crippen LogP contribution in [0.1, 0.15) is 39.3 Å². The van der Waals surface area contributed by atoms with Crippen molar-refractivity contribution in [2.75, 3.05) is 11.9 Å². The Morgan fingerprint density at radius 2 is 2.20 bits per heavy atom. The van der Waals surface area contributed by atoms with Crippen molar-refractivity contribution < 1.29 is 9.90 Å². The lowest BCUT2D eigenvalue weighted by Gasteiger charge is -2.09. The summed E-state index contributed by atoms with van der Waals surface area (Å²) in [5.41, 5.74) is 3.39. The highest BCUT2D eigenvalue weighted by molar-refractivity contribution is 7.09. The average molecular weight is 353 g/mol. The van der Waals surface area contributed by atoms with E-state index in [1.54, 1.807) is 29.5 Å². The van der Waals surface area contributed by atoms with E-state index in [2.05, 4.69) is 22.8 Å². The Morgan fingerprint density at radius 3 is 3.00 bits per heavy atom. The number of benzene rings is 1. The monoisotopic (exact) mass is 353 g/mol. The van der Waals surface area contributed by atoms with E-state index in [4.69, 9.17) is 5.10 Å². The number of hydrogen-bond acceptors (Lipinski definition) is 4. The van der Waals surface area contributed by atoms with Gasteiger partial charge in [-0.25, -0.2) is 9.48 Å². The van der Waals surface area contributed by atoms with Gasteiger partial charge in [-0.05, 0) is 48.9 Å². The van der Waals surface area contributed by atoms with Crippen LogP contribution in [-0.4, -0.2) is 27.4 Å². The maximum atomic E-state index is 11.3. The SMILES string of the molecule is O=C(O)c1cccc(-n2nc(Cc3cccs3)c3c2NCCCC3)c1. The van der Waals surface area contributed by atoms with Crippen LogP contribution in [0.4, 0.5) is 5.82 Å². The number of anilines is 1. The van der Waals surface area contributed by atoms with E-state index < -0.39 is 5.97 Å². The van der Waals surface area contributed by atoms with Gasteiger partial charge in [-0.3, -0.25) is 0 Å². The van der Waals surface area contributed by atoms with Crippen LogP contribution in [0.15, 0.2) is 41.8 Å². The van der Waals surface area contributed by atoms with Gasteiger partial charge in [0.25, 0.3) is 0 Å². The minimum atomic E-state index is -0.924. The molecule has 0 bridgehead atoms. The lowest BCUT2D eigenvalue weighted by atomic mass is 10.1. The van der Waals surface area contributed by atoms with Crippen molar-refractivity contribution in [3.8, 4) is 5.69 Å². The van der Waals surface area contributed by atoms with Gasteiger partial charge in [0.1, 0.15) is 5.82 Å². The number of aromatic nitrogens is 2. The summed E-state index contributed by atoms with van der Waals surface area (Å²) in [7, 11) is 0. The fourth-order valence-electron chi connectivity index (χ4n) is 3.25. The Balaban J connectivity index is 1.80. The number of nitrogens with zero attached hydrogens (tertiary/aromatic N) is 2. The number of carboxylic acid groups (broad SMARTS) is 1. The zero-order valence-electron chi connectivity index (χ0n) is 13.7. The molecular formula is C19H19N3O2S. The van der Waals surface area contributed by atoms with Crippen LogP contribution in [0, 0.1) is 0 Å². The Hall–Kier alpha value is -2.60. The summed E-state index contributed by atoms with van der Waals surface area (Å²) in [5, 5.41) is 19.7. The lowest BCUT2D eigenvalue weighted by molar-refractivity contribution is 0.0697. The lowest BCUT2D eigenvalue weighted by Crippen LogP contribution is -2.08. The van der Waals surface area contributed by atoms with Gasteiger partial charge in [0.2, 0.25) is 0 Å². The third-order valence-electron chi connectivity index (χ3n) is 4.47. The van der Waals surface area contributed by atoms with Gasteiger partial charge < -0.3 is 10.4 Å². The molecule has 3 aromatic rings. The van der Waals surface area contributed by atoms with Crippen molar-refractivity contribution in [2.24, 2.45) is 0 Å². The summed E-state index contributed by atoms with van der Waals surface area (Å²) >= 11 is 1.74.